The lowest BCUT2D eigenvalue weighted by atomic mass is 9.70. The number of morpholine rings is 1. The molecule has 2 fully saturated rings. The van der Waals surface area contributed by atoms with Gasteiger partial charge in [0.05, 0.1) is 12.2 Å². The molecule has 0 aromatic rings. The third-order valence-corrected chi connectivity index (χ3v) is 4.62. The Morgan fingerprint density at radius 2 is 1.88 bits per heavy atom. The van der Waals surface area contributed by atoms with Crippen molar-refractivity contribution in [2.45, 2.75) is 66.0 Å². The minimum Gasteiger partial charge on any atom is -0.372 e. The molecule has 2 heteroatoms. The Morgan fingerprint density at radius 3 is 2.35 bits per heavy atom. The van der Waals surface area contributed by atoms with E-state index in [9.17, 15) is 0 Å². The highest BCUT2D eigenvalue weighted by Gasteiger charge is 2.57. The molecule has 0 radical (unpaired) electrons. The Bertz CT molecular complexity index is 292. The Kier molecular flexibility index (Phi) is 3.11. The highest BCUT2D eigenvalue weighted by molar-refractivity contribution is 5.10. The van der Waals surface area contributed by atoms with Crippen LogP contribution in [0.15, 0.2) is 0 Å². The third-order valence-electron chi connectivity index (χ3n) is 4.62. The first-order valence-corrected chi connectivity index (χ1v) is 7.05. The minimum atomic E-state index is 0.0556. The highest BCUT2D eigenvalue weighted by atomic mass is 16.5. The molecule has 17 heavy (non-hydrogen) atoms. The summed E-state index contributed by atoms with van der Waals surface area (Å²) in [6.45, 7) is 16.0. The van der Waals surface area contributed by atoms with Gasteiger partial charge in [-0.1, -0.05) is 41.5 Å². The van der Waals surface area contributed by atoms with E-state index in [1.54, 1.807) is 0 Å². The quantitative estimate of drug-likeness (QED) is 0.701. The van der Waals surface area contributed by atoms with Crippen LogP contribution in [0.4, 0.5) is 0 Å². The Balaban J connectivity index is 2.33. The van der Waals surface area contributed by atoms with Crippen molar-refractivity contribution >= 4 is 0 Å². The summed E-state index contributed by atoms with van der Waals surface area (Å²) in [6.07, 6.45) is 2.47. The summed E-state index contributed by atoms with van der Waals surface area (Å²) in [5, 5.41) is 3.74. The van der Waals surface area contributed by atoms with E-state index in [0.717, 1.165) is 13.2 Å². The van der Waals surface area contributed by atoms with E-state index in [1.807, 2.05) is 0 Å². The average molecular weight is 239 g/mol. The Morgan fingerprint density at radius 1 is 1.24 bits per heavy atom. The summed E-state index contributed by atoms with van der Waals surface area (Å²) in [5.74, 6) is 0.648. The molecule has 3 unspecified atom stereocenters. The van der Waals surface area contributed by atoms with E-state index in [4.69, 9.17) is 4.74 Å². The van der Waals surface area contributed by atoms with Crippen molar-refractivity contribution in [2.24, 2.45) is 16.7 Å². The van der Waals surface area contributed by atoms with Crippen molar-refractivity contribution in [1.82, 2.24) is 5.32 Å². The molecule has 1 saturated heterocycles. The van der Waals surface area contributed by atoms with Crippen LogP contribution in [0.25, 0.3) is 0 Å². The largest absolute Gasteiger partial charge is 0.372 e. The van der Waals surface area contributed by atoms with E-state index >= 15 is 0 Å². The van der Waals surface area contributed by atoms with E-state index in [1.165, 1.54) is 12.8 Å². The molecule has 100 valence electrons. The molecule has 3 atom stereocenters. The van der Waals surface area contributed by atoms with Gasteiger partial charge in [0, 0.05) is 12.6 Å². The fourth-order valence-electron chi connectivity index (χ4n) is 4.32. The SMILES string of the molecule is CC1CC(C)(C)CC12OCCNC2C(C)(C)C. The van der Waals surface area contributed by atoms with E-state index in [-0.39, 0.29) is 11.0 Å². The van der Waals surface area contributed by atoms with Crippen LogP contribution in [0.5, 0.6) is 0 Å². The van der Waals surface area contributed by atoms with Crippen LogP contribution in [0.1, 0.15) is 54.4 Å². The summed E-state index contributed by atoms with van der Waals surface area (Å²) in [5.41, 5.74) is 0.733. The van der Waals surface area contributed by atoms with Crippen molar-refractivity contribution < 1.29 is 4.74 Å². The predicted octanol–water partition coefficient (Wildman–Crippen LogP) is 3.22. The molecule has 0 bridgehead atoms. The van der Waals surface area contributed by atoms with Gasteiger partial charge in [0.1, 0.15) is 0 Å². The van der Waals surface area contributed by atoms with Crippen LogP contribution in [0, 0.1) is 16.7 Å². The van der Waals surface area contributed by atoms with Gasteiger partial charge in [0.2, 0.25) is 0 Å². The van der Waals surface area contributed by atoms with Crippen LogP contribution in [-0.2, 0) is 4.74 Å². The van der Waals surface area contributed by atoms with Crippen LogP contribution in [0.2, 0.25) is 0 Å². The van der Waals surface area contributed by atoms with Crippen LogP contribution in [0.3, 0.4) is 0 Å². The second-order valence-electron chi connectivity index (χ2n) is 8.00. The molecule has 2 rings (SSSR count). The first-order chi connectivity index (χ1) is 7.67. The molecule has 1 aliphatic carbocycles. The van der Waals surface area contributed by atoms with Crippen molar-refractivity contribution in [3.63, 3.8) is 0 Å². The number of nitrogens with one attached hydrogen (secondary N) is 1. The minimum absolute atomic E-state index is 0.0556. The van der Waals surface area contributed by atoms with Gasteiger partial charge in [-0.05, 0) is 29.6 Å². The molecule has 1 saturated carbocycles. The van der Waals surface area contributed by atoms with E-state index in [2.05, 4.69) is 46.9 Å². The molecular formula is C15H29NO. The summed E-state index contributed by atoms with van der Waals surface area (Å²) in [6, 6.07) is 0.473. The Labute approximate surface area is 107 Å². The molecular weight excluding hydrogens is 210 g/mol. The van der Waals surface area contributed by atoms with Crippen molar-refractivity contribution in [2.75, 3.05) is 13.2 Å². The fraction of sp³-hybridized carbons (Fsp3) is 1.00. The van der Waals surface area contributed by atoms with Crippen LogP contribution in [-0.4, -0.2) is 24.8 Å². The first-order valence-electron chi connectivity index (χ1n) is 7.05. The molecule has 0 aromatic heterocycles. The van der Waals surface area contributed by atoms with Gasteiger partial charge in [-0.25, -0.2) is 0 Å². The normalized spacial score (nSPS) is 42.0. The number of hydrogen-bond donors (Lipinski definition) is 1. The van der Waals surface area contributed by atoms with Crippen molar-refractivity contribution in [1.29, 1.82) is 0 Å². The van der Waals surface area contributed by atoms with Gasteiger partial charge in [0.15, 0.2) is 0 Å². The maximum Gasteiger partial charge on any atom is 0.0871 e. The zero-order chi connectivity index (χ0) is 12.9. The lowest BCUT2D eigenvalue weighted by Crippen LogP contribution is -2.64. The second kappa shape index (κ2) is 3.96. The standard InChI is InChI=1S/C15H29NO/c1-11-9-14(5,6)10-15(11)12(13(2,3)4)16-7-8-17-15/h11-12,16H,7-10H2,1-6H3. The number of ether oxygens (including phenoxy) is 1. The van der Waals surface area contributed by atoms with Gasteiger partial charge in [-0.2, -0.15) is 0 Å². The second-order valence-corrected chi connectivity index (χ2v) is 8.00. The smallest absolute Gasteiger partial charge is 0.0871 e. The van der Waals surface area contributed by atoms with Gasteiger partial charge in [-0.3, -0.25) is 0 Å². The number of rotatable bonds is 0. The molecule has 1 heterocycles. The van der Waals surface area contributed by atoms with E-state index < -0.39 is 0 Å². The lowest BCUT2D eigenvalue weighted by Gasteiger charge is -2.51. The third kappa shape index (κ3) is 2.26. The predicted molar refractivity (Wildman–Crippen MR) is 72.1 cm³/mol. The zero-order valence-corrected chi connectivity index (χ0v) is 12.4. The summed E-state index contributed by atoms with van der Waals surface area (Å²) < 4.78 is 6.35. The molecule has 2 aliphatic rings. The lowest BCUT2D eigenvalue weighted by molar-refractivity contribution is -0.143. The van der Waals surface area contributed by atoms with Crippen molar-refractivity contribution in [3.8, 4) is 0 Å². The monoisotopic (exact) mass is 239 g/mol. The van der Waals surface area contributed by atoms with Crippen LogP contribution < -0.4 is 5.32 Å². The molecule has 2 nitrogen and oxygen atoms in total. The summed E-state index contributed by atoms with van der Waals surface area (Å²) in [4.78, 5) is 0. The summed E-state index contributed by atoms with van der Waals surface area (Å²) in [7, 11) is 0. The first kappa shape index (κ1) is 13.4. The molecule has 1 aliphatic heterocycles. The average Bonchev–Trinajstić information content (AvgIpc) is 2.35. The molecule has 1 spiro atoms. The summed E-state index contributed by atoms with van der Waals surface area (Å²) >= 11 is 0. The maximum atomic E-state index is 6.35. The highest BCUT2D eigenvalue weighted by Crippen LogP contribution is 2.54. The molecule has 0 aromatic carbocycles. The topological polar surface area (TPSA) is 21.3 Å². The molecule has 0 amide bonds. The van der Waals surface area contributed by atoms with Gasteiger partial charge >= 0.3 is 0 Å². The van der Waals surface area contributed by atoms with Crippen molar-refractivity contribution in [3.05, 3.63) is 0 Å². The number of hydrogen-bond acceptors (Lipinski definition) is 2. The van der Waals surface area contributed by atoms with Gasteiger partial charge < -0.3 is 10.1 Å². The molecule has 1 N–H and O–H groups in total. The zero-order valence-electron chi connectivity index (χ0n) is 12.4. The fourth-order valence-corrected chi connectivity index (χ4v) is 4.32. The van der Waals surface area contributed by atoms with Gasteiger partial charge in [0.25, 0.3) is 0 Å². The van der Waals surface area contributed by atoms with E-state index in [0.29, 0.717) is 17.4 Å². The van der Waals surface area contributed by atoms with Crippen LogP contribution >= 0.6 is 0 Å². The maximum absolute atomic E-state index is 6.35. The Hall–Kier alpha value is -0.0800. The van der Waals surface area contributed by atoms with Gasteiger partial charge in [-0.15, -0.1) is 0 Å².